The number of hydrogen-bond acceptors (Lipinski definition) is 6. The Morgan fingerprint density at radius 1 is 1.12 bits per heavy atom. The summed E-state index contributed by atoms with van der Waals surface area (Å²) in [7, 11) is 0. The van der Waals surface area contributed by atoms with Gasteiger partial charge in [0.1, 0.15) is 11.4 Å². The first-order valence-corrected chi connectivity index (χ1v) is 11.3. The molecule has 0 saturated carbocycles. The van der Waals surface area contributed by atoms with Gasteiger partial charge < -0.3 is 16.0 Å². The zero-order chi connectivity index (χ0) is 22.8. The van der Waals surface area contributed by atoms with Crippen LogP contribution in [0.3, 0.4) is 0 Å². The number of benzene rings is 1. The van der Waals surface area contributed by atoms with Crippen molar-refractivity contribution in [2.24, 2.45) is 0 Å². The van der Waals surface area contributed by atoms with Crippen molar-refractivity contribution in [2.75, 3.05) is 23.7 Å². The first-order chi connectivity index (χ1) is 16.0. The van der Waals surface area contributed by atoms with E-state index in [1.54, 1.807) is 16.9 Å². The highest BCUT2D eigenvalue weighted by Crippen LogP contribution is 2.19. The van der Waals surface area contributed by atoms with Crippen molar-refractivity contribution in [3.63, 3.8) is 0 Å². The Bertz CT molecular complexity index is 1300. The lowest BCUT2D eigenvalue weighted by Gasteiger charge is -2.16. The Kier molecular flexibility index (Phi) is 5.83. The fourth-order valence-electron chi connectivity index (χ4n) is 4.02. The molecule has 33 heavy (non-hydrogen) atoms. The van der Waals surface area contributed by atoms with Crippen LogP contribution in [0.25, 0.3) is 10.9 Å². The third-order valence-corrected chi connectivity index (χ3v) is 6.00. The topological polar surface area (TPSA) is 102 Å². The van der Waals surface area contributed by atoms with E-state index in [4.69, 9.17) is 17.3 Å². The summed E-state index contributed by atoms with van der Waals surface area (Å²) in [6.45, 7) is 2.87. The van der Waals surface area contributed by atoms with E-state index in [0.717, 1.165) is 41.1 Å². The summed E-state index contributed by atoms with van der Waals surface area (Å²) in [6.07, 6.45) is 5.94. The van der Waals surface area contributed by atoms with Crippen LogP contribution < -0.4 is 16.0 Å². The van der Waals surface area contributed by atoms with Gasteiger partial charge in [-0.05, 0) is 42.7 Å². The number of halogens is 1. The first kappa shape index (κ1) is 21.2. The van der Waals surface area contributed by atoms with Gasteiger partial charge in [-0.25, -0.2) is 4.98 Å². The molecule has 4 heterocycles. The minimum Gasteiger partial charge on any atom is -0.382 e. The molecule has 5 rings (SSSR count). The molecular formula is C24H24ClN7O. The maximum absolute atomic E-state index is 12.7. The van der Waals surface area contributed by atoms with Gasteiger partial charge in [0.25, 0.3) is 5.91 Å². The van der Waals surface area contributed by atoms with Gasteiger partial charge in [-0.3, -0.25) is 14.5 Å². The summed E-state index contributed by atoms with van der Waals surface area (Å²) in [5.74, 6) is 0.891. The molecule has 1 fully saturated rings. The van der Waals surface area contributed by atoms with Crippen molar-refractivity contribution in [1.29, 1.82) is 0 Å². The van der Waals surface area contributed by atoms with Gasteiger partial charge in [0, 0.05) is 35.9 Å². The van der Waals surface area contributed by atoms with E-state index in [1.165, 1.54) is 12.8 Å². The Hall–Kier alpha value is -3.65. The van der Waals surface area contributed by atoms with Gasteiger partial charge in [-0.15, -0.1) is 0 Å². The van der Waals surface area contributed by atoms with Gasteiger partial charge in [-0.1, -0.05) is 29.8 Å². The number of amides is 1. The van der Waals surface area contributed by atoms with Crippen molar-refractivity contribution in [3.05, 3.63) is 76.7 Å². The van der Waals surface area contributed by atoms with Gasteiger partial charge in [-0.2, -0.15) is 5.10 Å². The molecule has 1 saturated heterocycles. The number of fused-ring (bicyclic) bond motifs is 1. The molecule has 0 atom stereocenters. The van der Waals surface area contributed by atoms with E-state index in [9.17, 15) is 4.79 Å². The molecular weight excluding hydrogens is 438 g/mol. The maximum atomic E-state index is 12.7. The highest BCUT2D eigenvalue weighted by atomic mass is 35.5. The van der Waals surface area contributed by atoms with Crippen LogP contribution in [0.5, 0.6) is 0 Å². The number of rotatable bonds is 6. The van der Waals surface area contributed by atoms with Crippen molar-refractivity contribution in [2.45, 2.75) is 25.9 Å². The SMILES string of the molecule is Nc1nn(Cc2ccc(N3CCCC3)nc2)cc1C(=O)NCc1ccc2ccc(Cl)cc2n1. The number of anilines is 2. The van der Waals surface area contributed by atoms with Crippen LogP contribution in [0, 0.1) is 0 Å². The summed E-state index contributed by atoms with van der Waals surface area (Å²) in [5, 5.41) is 8.77. The minimum absolute atomic E-state index is 0.187. The van der Waals surface area contributed by atoms with Gasteiger partial charge in [0.2, 0.25) is 0 Å². The number of nitrogens with zero attached hydrogens (tertiary/aromatic N) is 5. The molecule has 168 valence electrons. The number of hydrogen-bond donors (Lipinski definition) is 2. The maximum Gasteiger partial charge on any atom is 0.256 e. The van der Waals surface area contributed by atoms with Gasteiger partial charge in [0.05, 0.1) is 24.3 Å². The van der Waals surface area contributed by atoms with Crippen molar-refractivity contribution < 1.29 is 4.79 Å². The summed E-state index contributed by atoms with van der Waals surface area (Å²) >= 11 is 6.05. The van der Waals surface area contributed by atoms with Crippen LogP contribution in [0.15, 0.2) is 54.9 Å². The number of nitrogen functional groups attached to an aromatic ring is 1. The molecule has 3 N–H and O–H groups in total. The lowest BCUT2D eigenvalue weighted by Crippen LogP contribution is -2.23. The van der Waals surface area contributed by atoms with Crippen molar-refractivity contribution in [1.82, 2.24) is 25.1 Å². The van der Waals surface area contributed by atoms with E-state index in [1.807, 2.05) is 42.6 Å². The smallest absolute Gasteiger partial charge is 0.256 e. The number of pyridine rings is 2. The zero-order valence-corrected chi connectivity index (χ0v) is 18.8. The second kappa shape index (κ2) is 9.07. The summed E-state index contributed by atoms with van der Waals surface area (Å²) in [5.41, 5.74) is 8.86. The van der Waals surface area contributed by atoms with Crippen LogP contribution in [0.4, 0.5) is 11.6 Å². The van der Waals surface area contributed by atoms with Crippen LogP contribution in [0.1, 0.15) is 34.5 Å². The molecule has 3 aromatic heterocycles. The second-order valence-corrected chi connectivity index (χ2v) is 8.60. The number of aromatic nitrogens is 4. The third kappa shape index (κ3) is 4.75. The summed E-state index contributed by atoms with van der Waals surface area (Å²) in [6, 6.07) is 13.4. The molecule has 8 nitrogen and oxygen atoms in total. The molecule has 1 amide bonds. The standard InChI is InChI=1S/C24H24ClN7O/c25-18-6-4-17-5-7-19(29-21(17)11-18)13-28-24(33)20-15-32(30-23(20)26)14-16-3-8-22(27-12-16)31-9-1-2-10-31/h3-8,11-12,15H,1-2,9-10,13-14H2,(H2,26,30)(H,28,33). The normalized spacial score (nSPS) is 13.5. The lowest BCUT2D eigenvalue weighted by atomic mass is 10.2. The number of carbonyl (C=O) groups is 1. The average molecular weight is 462 g/mol. The Morgan fingerprint density at radius 2 is 1.94 bits per heavy atom. The van der Waals surface area contributed by atoms with Gasteiger partial charge >= 0.3 is 0 Å². The Labute approximate surface area is 196 Å². The summed E-state index contributed by atoms with van der Waals surface area (Å²) in [4.78, 5) is 24.1. The zero-order valence-electron chi connectivity index (χ0n) is 18.0. The van der Waals surface area contributed by atoms with Gasteiger partial charge in [0.15, 0.2) is 5.82 Å². The lowest BCUT2D eigenvalue weighted by molar-refractivity contribution is 0.0951. The van der Waals surface area contributed by atoms with E-state index in [0.29, 0.717) is 17.1 Å². The van der Waals surface area contributed by atoms with Crippen LogP contribution in [-0.2, 0) is 13.1 Å². The largest absolute Gasteiger partial charge is 0.382 e. The van der Waals surface area contributed by atoms with Crippen LogP contribution >= 0.6 is 11.6 Å². The number of nitrogens with one attached hydrogen (secondary N) is 1. The first-order valence-electron chi connectivity index (χ1n) is 10.9. The Balaban J connectivity index is 1.23. The molecule has 0 unspecified atom stereocenters. The quantitative estimate of drug-likeness (QED) is 0.454. The van der Waals surface area contributed by atoms with Crippen molar-refractivity contribution in [3.8, 4) is 0 Å². The molecule has 0 aliphatic carbocycles. The molecule has 9 heteroatoms. The van der Waals surface area contributed by atoms with Crippen LogP contribution in [0.2, 0.25) is 5.02 Å². The molecule has 4 aromatic rings. The fourth-order valence-corrected chi connectivity index (χ4v) is 4.19. The van der Waals surface area contributed by atoms with E-state index in [-0.39, 0.29) is 18.3 Å². The molecule has 0 radical (unpaired) electrons. The molecule has 1 aliphatic heterocycles. The second-order valence-electron chi connectivity index (χ2n) is 8.17. The molecule has 0 spiro atoms. The van der Waals surface area contributed by atoms with E-state index >= 15 is 0 Å². The van der Waals surface area contributed by atoms with Crippen LogP contribution in [-0.4, -0.2) is 38.7 Å². The van der Waals surface area contributed by atoms with E-state index < -0.39 is 0 Å². The van der Waals surface area contributed by atoms with Crippen molar-refractivity contribution >= 4 is 40.0 Å². The predicted octanol–water partition coefficient (Wildman–Crippen LogP) is 3.64. The highest BCUT2D eigenvalue weighted by molar-refractivity contribution is 6.31. The highest BCUT2D eigenvalue weighted by Gasteiger charge is 2.16. The molecule has 1 aromatic carbocycles. The number of carbonyl (C=O) groups excluding carboxylic acids is 1. The average Bonchev–Trinajstić information content (AvgIpc) is 3.48. The summed E-state index contributed by atoms with van der Waals surface area (Å²) < 4.78 is 1.66. The predicted molar refractivity (Wildman–Crippen MR) is 129 cm³/mol. The Morgan fingerprint density at radius 3 is 2.73 bits per heavy atom. The molecule has 0 bridgehead atoms. The fraction of sp³-hybridized carbons (Fsp3) is 0.250. The monoisotopic (exact) mass is 461 g/mol. The van der Waals surface area contributed by atoms with E-state index in [2.05, 4.69) is 25.3 Å². The third-order valence-electron chi connectivity index (χ3n) is 5.76. The molecule has 1 aliphatic rings. The number of nitrogens with two attached hydrogens (primary N) is 1. The minimum atomic E-state index is -0.297.